The van der Waals surface area contributed by atoms with Gasteiger partial charge in [0.15, 0.2) is 0 Å². The van der Waals surface area contributed by atoms with E-state index in [-0.39, 0.29) is 24.1 Å². The van der Waals surface area contributed by atoms with E-state index in [1.807, 2.05) is 6.07 Å². The molecule has 34 heavy (non-hydrogen) atoms. The van der Waals surface area contributed by atoms with Crippen LogP contribution in [0.15, 0.2) is 54.6 Å². The lowest BCUT2D eigenvalue weighted by Crippen LogP contribution is -2.22. The molecule has 4 nitrogen and oxygen atoms in total. The van der Waals surface area contributed by atoms with E-state index < -0.39 is 0 Å². The van der Waals surface area contributed by atoms with E-state index in [4.69, 9.17) is 9.47 Å². The van der Waals surface area contributed by atoms with Crippen molar-refractivity contribution in [1.29, 1.82) is 0 Å². The van der Waals surface area contributed by atoms with Crippen molar-refractivity contribution in [3.05, 3.63) is 71.3 Å². The minimum atomic E-state index is -0.322. The molecule has 3 aromatic rings. The van der Waals surface area contributed by atoms with Crippen molar-refractivity contribution in [2.45, 2.75) is 77.9 Å². The number of rotatable bonds is 7. The van der Waals surface area contributed by atoms with Gasteiger partial charge in [0.2, 0.25) is 0 Å². The van der Waals surface area contributed by atoms with Crippen LogP contribution in [0, 0.1) is 0 Å². The third-order valence-corrected chi connectivity index (χ3v) is 6.98. The molecule has 4 rings (SSSR count). The molecule has 0 spiro atoms. The zero-order valence-corrected chi connectivity index (χ0v) is 20.6. The third kappa shape index (κ3) is 5.01. The molecule has 0 aromatic heterocycles. The van der Waals surface area contributed by atoms with E-state index in [2.05, 4.69) is 62.4 Å². The van der Waals surface area contributed by atoms with Crippen molar-refractivity contribution in [1.82, 2.24) is 0 Å². The summed E-state index contributed by atoms with van der Waals surface area (Å²) in [4.78, 5) is 24.1. The van der Waals surface area contributed by atoms with Crippen LogP contribution in [0.1, 0.15) is 94.6 Å². The highest BCUT2D eigenvalue weighted by Gasteiger charge is 2.31. The van der Waals surface area contributed by atoms with Crippen LogP contribution in [-0.2, 0) is 19.1 Å². The average molecular weight is 459 g/mol. The smallest absolute Gasteiger partial charge is 0.306 e. The Morgan fingerprint density at radius 3 is 1.97 bits per heavy atom. The molecule has 0 amide bonds. The third-order valence-electron chi connectivity index (χ3n) is 6.98. The maximum atomic E-state index is 12.1. The number of carbonyl (C=O) groups excluding carboxylic acids is 2. The fourth-order valence-electron chi connectivity index (χ4n) is 4.65. The predicted molar refractivity (Wildman–Crippen MR) is 136 cm³/mol. The number of benzene rings is 3. The zero-order chi connectivity index (χ0) is 24.2. The van der Waals surface area contributed by atoms with E-state index in [1.165, 1.54) is 16.3 Å². The molecule has 0 radical (unpaired) electrons. The van der Waals surface area contributed by atoms with Gasteiger partial charge in [-0.25, -0.2) is 0 Å². The van der Waals surface area contributed by atoms with E-state index in [0.29, 0.717) is 31.6 Å². The van der Waals surface area contributed by atoms with Crippen molar-refractivity contribution < 1.29 is 19.1 Å². The Labute approximate surface area is 202 Å². The van der Waals surface area contributed by atoms with Gasteiger partial charge < -0.3 is 9.47 Å². The molecule has 0 bridgehead atoms. The minimum Gasteiger partial charge on any atom is -0.457 e. The average Bonchev–Trinajstić information content (AvgIpc) is 2.88. The molecule has 4 heteroatoms. The van der Waals surface area contributed by atoms with Gasteiger partial charge in [0.1, 0.15) is 12.2 Å². The van der Waals surface area contributed by atoms with Crippen LogP contribution in [0.5, 0.6) is 0 Å². The van der Waals surface area contributed by atoms with Crippen molar-refractivity contribution in [2.75, 3.05) is 0 Å². The van der Waals surface area contributed by atoms with Crippen molar-refractivity contribution in [3.8, 4) is 11.1 Å². The Hall–Kier alpha value is -3.14. The van der Waals surface area contributed by atoms with Crippen LogP contribution in [0.25, 0.3) is 21.9 Å². The monoisotopic (exact) mass is 458 g/mol. The molecule has 0 fully saturated rings. The first-order chi connectivity index (χ1) is 16.4. The van der Waals surface area contributed by atoms with E-state index in [1.54, 1.807) is 13.8 Å². The normalized spacial score (nSPS) is 18.2. The summed E-state index contributed by atoms with van der Waals surface area (Å²) >= 11 is 0. The Bertz CT molecular complexity index is 1200. The number of carbonyl (C=O) groups is 2. The van der Waals surface area contributed by atoms with E-state index in [0.717, 1.165) is 28.7 Å². The van der Waals surface area contributed by atoms with Crippen LogP contribution < -0.4 is 0 Å². The first-order valence-electron chi connectivity index (χ1n) is 12.5. The second-order valence-corrected chi connectivity index (χ2v) is 9.22. The molecule has 0 N–H and O–H groups in total. The van der Waals surface area contributed by atoms with Gasteiger partial charge in [-0.3, -0.25) is 9.59 Å². The molecule has 0 heterocycles. The van der Waals surface area contributed by atoms with Gasteiger partial charge in [-0.15, -0.1) is 0 Å². The lowest BCUT2D eigenvalue weighted by Gasteiger charge is -2.31. The molecule has 0 saturated carbocycles. The van der Waals surface area contributed by atoms with Gasteiger partial charge in [0, 0.05) is 12.8 Å². The summed E-state index contributed by atoms with van der Waals surface area (Å²) in [7, 11) is 0. The molecule has 178 valence electrons. The lowest BCUT2D eigenvalue weighted by atomic mass is 9.84. The fourth-order valence-corrected chi connectivity index (χ4v) is 4.65. The highest BCUT2D eigenvalue weighted by atomic mass is 16.6. The number of fused-ring (bicyclic) bond motifs is 2. The van der Waals surface area contributed by atoms with Crippen molar-refractivity contribution in [3.63, 3.8) is 0 Å². The fraction of sp³-hybridized carbons (Fsp3) is 0.400. The molecular weight excluding hydrogens is 424 g/mol. The summed E-state index contributed by atoms with van der Waals surface area (Å²) in [6, 6.07) is 19.4. The van der Waals surface area contributed by atoms with Crippen LogP contribution in [0.3, 0.4) is 0 Å². The summed E-state index contributed by atoms with van der Waals surface area (Å²) in [6.45, 7) is 8.07. The van der Waals surface area contributed by atoms with Crippen molar-refractivity contribution >= 4 is 22.7 Å². The van der Waals surface area contributed by atoms with E-state index in [9.17, 15) is 9.59 Å². The highest BCUT2D eigenvalue weighted by Crippen LogP contribution is 2.42. The summed E-state index contributed by atoms with van der Waals surface area (Å²) in [5.74, 6) is 0.116. The number of hydrogen-bond acceptors (Lipinski definition) is 4. The molecule has 3 aromatic carbocycles. The molecule has 3 unspecified atom stereocenters. The van der Waals surface area contributed by atoms with Crippen LogP contribution in [0.2, 0.25) is 0 Å². The number of esters is 2. The van der Waals surface area contributed by atoms with E-state index >= 15 is 0 Å². The predicted octanol–water partition coefficient (Wildman–Crippen LogP) is 7.80. The Morgan fingerprint density at radius 2 is 1.32 bits per heavy atom. The molecule has 3 atom stereocenters. The molecule has 1 aliphatic carbocycles. The highest BCUT2D eigenvalue weighted by molar-refractivity contribution is 5.88. The number of hydrogen-bond donors (Lipinski definition) is 0. The molecule has 0 saturated heterocycles. The van der Waals surface area contributed by atoms with Gasteiger partial charge in [0.05, 0.1) is 0 Å². The van der Waals surface area contributed by atoms with Gasteiger partial charge in [0.25, 0.3) is 0 Å². The largest absolute Gasteiger partial charge is 0.457 e. The van der Waals surface area contributed by atoms with Gasteiger partial charge in [-0.05, 0) is 75.9 Å². The molecule has 0 aliphatic heterocycles. The minimum absolute atomic E-state index is 0.213. The maximum Gasteiger partial charge on any atom is 0.306 e. The second-order valence-electron chi connectivity index (χ2n) is 9.22. The Morgan fingerprint density at radius 1 is 0.765 bits per heavy atom. The summed E-state index contributed by atoms with van der Waals surface area (Å²) in [5.41, 5.74) is 5.41. The lowest BCUT2D eigenvalue weighted by molar-refractivity contribution is -0.155. The summed E-state index contributed by atoms with van der Waals surface area (Å²) in [6.07, 6.45) is 2.46. The summed E-state index contributed by atoms with van der Waals surface area (Å²) in [5, 5.41) is 2.44. The molecular formula is C30H34O4. The summed E-state index contributed by atoms with van der Waals surface area (Å²) < 4.78 is 11.5. The van der Waals surface area contributed by atoms with Gasteiger partial charge in [-0.2, -0.15) is 0 Å². The topological polar surface area (TPSA) is 52.6 Å². The quantitative estimate of drug-likeness (QED) is 0.339. The van der Waals surface area contributed by atoms with Crippen LogP contribution in [-0.4, -0.2) is 11.9 Å². The molecule has 1 aliphatic rings. The Kier molecular flexibility index (Phi) is 7.35. The first-order valence-corrected chi connectivity index (χ1v) is 12.5. The standard InChI is InChI=1S/C30H34O4/c1-5-19(4)20-8-9-22-17-23(11-10-21(22)16-20)24-12-13-25-26(18-24)28(34-30(32)7-3)15-14-27(25)33-29(31)6-2/h8-13,16-19,27-28H,5-7,14-15H2,1-4H3. The first kappa shape index (κ1) is 24.0. The number of ether oxygens (including phenoxy) is 2. The Balaban J connectivity index is 1.71. The van der Waals surface area contributed by atoms with Crippen LogP contribution in [0.4, 0.5) is 0 Å². The maximum absolute atomic E-state index is 12.1. The van der Waals surface area contributed by atoms with Crippen molar-refractivity contribution in [2.24, 2.45) is 0 Å². The second kappa shape index (κ2) is 10.4. The van der Waals surface area contributed by atoms with Gasteiger partial charge in [-0.1, -0.05) is 70.2 Å². The zero-order valence-electron chi connectivity index (χ0n) is 20.6. The SMILES string of the molecule is CCC(=O)OC1CCC(OC(=O)CC)c2cc(-c3ccc4cc(C(C)CC)ccc4c3)ccc21. The van der Waals surface area contributed by atoms with Crippen LogP contribution >= 0.6 is 0 Å². The van der Waals surface area contributed by atoms with Gasteiger partial charge >= 0.3 is 11.9 Å².